The average molecular weight is 270 g/mol. The quantitative estimate of drug-likeness (QED) is 0.649. The Morgan fingerprint density at radius 2 is 2.22 bits per heavy atom. The standard InChI is InChI=1S/C10H14N4O3S/c11-8-2-1-5-12-10(8)18(16,17)13-6-9(15)14-7-3-4-7/h1-2,5,7,13H,3-4,6,11H2,(H,14,15). The molecule has 1 amide bonds. The second-order valence-corrected chi connectivity index (χ2v) is 5.75. The minimum atomic E-state index is -3.85. The molecule has 7 nitrogen and oxygen atoms in total. The van der Waals surface area contributed by atoms with Gasteiger partial charge in [0.25, 0.3) is 10.0 Å². The molecule has 0 spiro atoms. The van der Waals surface area contributed by atoms with E-state index in [0.29, 0.717) is 0 Å². The molecule has 4 N–H and O–H groups in total. The number of nitrogens with one attached hydrogen (secondary N) is 2. The van der Waals surface area contributed by atoms with Crippen molar-refractivity contribution in [1.82, 2.24) is 15.0 Å². The number of carbonyl (C=O) groups excluding carboxylic acids is 1. The van der Waals surface area contributed by atoms with Gasteiger partial charge in [-0.05, 0) is 25.0 Å². The largest absolute Gasteiger partial charge is 0.396 e. The highest BCUT2D eigenvalue weighted by atomic mass is 32.2. The van der Waals surface area contributed by atoms with Crippen LogP contribution < -0.4 is 15.8 Å². The first-order chi connectivity index (χ1) is 8.49. The molecule has 1 aromatic heterocycles. The number of aromatic nitrogens is 1. The van der Waals surface area contributed by atoms with Crippen molar-refractivity contribution in [2.45, 2.75) is 23.9 Å². The van der Waals surface area contributed by atoms with Gasteiger partial charge in [0.2, 0.25) is 5.91 Å². The Balaban J connectivity index is 1.98. The van der Waals surface area contributed by atoms with Gasteiger partial charge in [-0.25, -0.2) is 18.1 Å². The van der Waals surface area contributed by atoms with Crippen molar-refractivity contribution >= 4 is 21.6 Å². The summed E-state index contributed by atoms with van der Waals surface area (Å²) >= 11 is 0. The minimum absolute atomic E-state index is 0.0487. The smallest absolute Gasteiger partial charge is 0.260 e. The first-order valence-electron chi connectivity index (χ1n) is 5.48. The number of hydrogen-bond donors (Lipinski definition) is 3. The summed E-state index contributed by atoms with van der Waals surface area (Å²) in [5.74, 6) is -0.351. The number of pyridine rings is 1. The maximum absolute atomic E-state index is 11.8. The van der Waals surface area contributed by atoms with Gasteiger partial charge in [0.15, 0.2) is 5.03 Å². The van der Waals surface area contributed by atoms with E-state index in [-0.39, 0.29) is 29.2 Å². The van der Waals surface area contributed by atoms with E-state index >= 15 is 0 Å². The van der Waals surface area contributed by atoms with Crippen LogP contribution in [0.25, 0.3) is 0 Å². The average Bonchev–Trinajstić information content (AvgIpc) is 3.11. The zero-order valence-corrected chi connectivity index (χ0v) is 10.4. The van der Waals surface area contributed by atoms with Crippen LogP contribution in [0.3, 0.4) is 0 Å². The summed E-state index contributed by atoms with van der Waals surface area (Å²) in [6.45, 7) is -0.311. The lowest BCUT2D eigenvalue weighted by Gasteiger charge is -2.07. The van der Waals surface area contributed by atoms with Crippen LogP contribution in [0.15, 0.2) is 23.4 Å². The molecule has 0 aromatic carbocycles. The molecule has 8 heteroatoms. The molecule has 98 valence electrons. The molecule has 1 saturated carbocycles. The van der Waals surface area contributed by atoms with Gasteiger partial charge in [-0.2, -0.15) is 0 Å². The van der Waals surface area contributed by atoms with E-state index in [4.69, 9.17) is 5.73 Å². The summed E-state index contributed by atoms with van der Waals surface area (Å²) < 4.78 is 25.8. The van der Waals surface area contributed by atoms with Crippen molar-refractivity contribution in [3.05, 3.63) is 18.3 Å². The van der Waals surface area contributed by atoms with E-state index in [1.54, 1.807) is 0 Å². The lowest BCUT2D eigenvalue weighted by Crippen LogP contribution is -2.38. The van der Waals surface area contributed by atoms with Crippen LogP contribution in [0, 0.1) is 0 Å². The molecule has 1 aliphatic rings. The number of rotatable bonds is 5. The third kappa shape index (κ3) is 3.17. The maximum atomic E-state index is 11.8. The van der Waals surface area contributed by atoms with E-state index in [0.717, 1.165) is 12.8 Å². The Kier molecular flexibility index (Phi) is 3.48. The molecule has 18 heavy (non-hydrogen) atoms. The molecule has 1 fully saturated rings. The topological polar surface area (TPSA) is 114 Å². The zero-order chi connectivity index (χ0) is 13.2. The van der Waals surface area contributed by atoms with E-state index in [1.165, 1.54) is 18.3 Å². The number of nitrogen functional groups attached to an aromatic ring is 1. The molecule has 0 radical (unpaired) electrons. The molecule has 1 aliphatic carbocycles. The van der Waals surface area contributed by atoms with Gasteiger partial charge >= 0.3 is 0 Å². The van der Waals surface area contributed by atoms with Crippen LogP contribution >= 0.6 is 0 Å². The predicted octanol–water partition coefficient (Wildman–Crippen LogP) is -0.779. The summed E-state index contributed by atoms with van der Waals surface area (Å²) in [7, 11) is -3.85. The summed E-state index contributed by atoms with van der Waals surface area (Å²) in [6.07, 6.45) is 3.23. The summed E-state index contributed by atoms with van der Waals surface area (Å²) in [5.41, 5.74) is 5.57. The van der Waals surface area contributed by atoms with Crippen LogP contribution in [0.5, 0.6) is 0 Å². The van der Waals surface area contributed by atoms with Crippen LogP contribution in [0.4, 0.5) is 5.69 Å². The van der Waals surface area contributed by atoms with Crippen molar-refractivity contribution in [3.8, 4) is 0 Å². The van der Waals surface area contributed by atoms with E-state index in [2.05, 4.69) is 15.0 Å². The lowest BCUT2D eigenvalue weighted by atomic mass is 10.4. The van der Waals surface area contributed by atoms with Crippen LogP contribution in [0.2, 0.25) is 0 Å². The molecule has 0 saturated heterocycles. The number of carbonyl (C=O) groups is 1. The molecular formula is C10H14N4O3S. The molecule has 2 rings (SSSR count). The van der Waals surface area contributed by atoms with Gasteiger partial charge in [-0.3, -0.25) is 4.79 Å². The molecule has 0 bridgehead atoms. The summed E-state index contributed by atoms with van der Waals surface area (Å²) in [4.78, 5) is 15.1. The Bertz CT molecular complexity index is 554. The van der Waals surface area contributed by atoms with Gasteiger partial charge < -0.3 is 11.1 Å². The number of hydrogen-bond acceptors (Lipinski definition) is 5. The monoisotopic (exact) mass is 270 g/mol. The van der Waals surface area contributed by atoms with Gasteiger partial charge in [-0.15, -0.1) is 0 Å². The Morgan fingerprint density at radius 1 is 1.50 bits per heavy atom. The molecule has 1 heterocycles. The van der Waals surface area contributed by atoms with Crippen molar-refractivity contribution < 1.29 is 13.2 Å². The van der Waals surface area contributed by atoms with Crippen molar-refractivity contribution in [2.75, 3.05) is 12.3 Å². The third-order valence-electron chi connectivity index (χ3n) is 2.42. The second kappa shape index (κ2) is 4.91. The second-order valence-electron chi connectivity index (χ2n) is 4.06. The highest BCUT2D eigenvalue weighted by molar-refractivity contribution is 7.89. The number of nitrogens with zero attached hydrogens (tertiary/aromatic N) is 1. The Morgan fingerprint density at radius 3 is 2.83 bits per heavy atom. The third-order valence-corrected chi connectivity index (χ3v) is 3.79. The van der Waals surface area contributed by atoms with E-state index < -0.39 is 10.0 Å². The van der Waals surface area contributed by atoms with Crippen molar-refractivity contribution in [2.24, 2.45) is 0 Å². The number of sulfonamides is 1. The van der Waals surface area contributed by atoms with Crippen LogP contribution in [-0.4, -0.2) is 31.9 Å². The zero-order valence-electron chi connectivity index (χ0n) is 9.59. The maximum Gasteiger partial charge on any atom is 0.260 e. The van der Waals surface area contributed by atoms with Gasteiger partial charge in [-0.1, -0.05) is 0 Å². The fourth-order valence-electron chi connectivity index (χ4n) is 1.36. The molecular weight excluding hydrogens is 256 g/mol. The minimum Gasteiger partial charge on any atom is -0.396 e. The molecule has 0 aliphatic heterocycles. The van der Waals surface area contributed by atoms with E-state index in [1.807, 2.05) is 0 Å². The van der Waals surface area contributed by atoms with Gasteiger partial charge in [0.05, 0.1) is 12.2 Å². The van der Waals surface area contributed by atoms with Crippen LogP contribution in [-0.2, 0) is 14.8 Å². The normalized spacial score (nSPS) is 15.3. The number of anilines is 1. The first kappa shape index (κ1) is 12.8. The van der Waals surface area contributed by atoms with Crippen molar-refractivity contribution in [3.63, 3.8) is 0 Å². The lowest BCUT2D eigenvalue weighted by molar-refractivity contribution is -0.120. The molecule has 0 unspecified atom stereocenters. The predicted molar refractivity (Wildman–Crippen MR) is 65.0 cm³/mol. The Hall–Kier alpha value is -1.67. The van der Waals surface area contributed by atoms with E-state index in [9.17, 15) is 13.2 Å². The van der Waals surface area contributed by atoms with Gasteiger partial charge in [0, 0.05) is 12.2 Å². The van der Waals surface area contributed by atoms with Crippen LogP contribution in [0.1, 0.15) is 12.8 Å². The van der Waals surface area contributed by atoms with Crippen molar-refractivity contribution in [1.29, 1.82) is 0 Å². The SMILES string of the molecule is Nc1cccnc1S(=O)(=O)NCC(=O)NC1CC1. The molecule has 1 aromatic rings. The fourth-order valence-corrected chi connectivity index (χ4v) is 2.40. The Labute approximate surface area is 105 Å². The first-order valence-corrected chi connectivity index (χ1v) is 6.97. The molecule has 0 atom stereocenters. The number of amides is 1. The summed E-state index contributed by atoms with van der Waals surface area (Å²) in [5, 5.41) is 2.41. The van der Waals surface area contributed by atoms with Gasteiger partial charge in [0.1, 0.15) is 0 Å². The number of nitrogens with two attached hydrogens (primary N) is 1. The highest BCUT2D eigenvalue weighted by Crippen LogP contribution is 2.18. The fraction of sp³-hybridized carbons (Fsp3) is 0.400. The highest BCUT2D eigenvalue weighted by Gasteiger charge is 2.24. The summed E-state index contributed by atoms with van der Waals surface area (Å²) in [6, 6.07) is 3.17.